The van der Waals surface area contributed by atoms with Crippen LogP contribution in [0.25, 0.3) is 9.40 Å². The molecule has 3 rings (SSSR count). The Bertz CT molecular complexity index is 636. The Hall–Kier alpha value is -0.420. The van der Waals surface area contributed by atoms with Gasteiger partial charge in [-0.1, -0.05) is 71.6 Å². The van der Waals surface area contributed by atoms with Crippen LogP contribution in [-0.4, -0.2) is 13.2 Å². The van der Waals surface area contributed by atoms with Gasteiger partial charge >= 0.3 is 0 Å². The summed E-state index contributed by atoms with van der Waals surface area (Å²) in [4.78, 5) is 2.78. The molecular formula is C24H38O2S2. The summed E-state index contributed by atoms with van der Waals surface area (Å²) in [6.45, 7) is 6.26. The maximum atomic E-state index is 6.09. The van der Waals surface area contributed by atoms with Crippen LogP contribution < -0.4 is 0 Å². The number of thiophene rings is 2. The summed E-state index contributed by atoms with van der Waals surface area (Å²) in [7, 11) is 0. The van der Waals surface area contributed by atoms with Crippen molar-refractivity contribution >= 4 is 32.1 Å². The summed E-state index contributed by atoms with van der Waals surface area (Å²) in [5, 5.41) is 1.38. The quantitative estimate of drug-likeness (QED) is 0.301. The van der Waals surface area contributed by atoms with Gasteiger partial charge < -0.3 is 9.47 Å². The molecule has 0 saturated carbocycles. The first-order valence-corrected chi connectivity index (χ1v) is 13.2. The highest BCUT2D eigenvalue weighted by Gasteiger charge is 2.25. The van der Waals surface area contributed by atoms with Crippen LogP contribution in [0.3, 0.4) is 0 Å². The predicted octanol–water partition coefficient (Wildman–Crippen LogP) is 8.50. The van der Waals surface area contributed by atoms with E-state index in [2.05, 4.69) is 26.0 Å². The Balaban J connectivity index is 1.36. The largest absolute Gasteiger partial charge is 0.347 e. The third kappa shape index (κ3) is 6.83. The Labute approximate surface area is 179 Å². The first-order valence-electron chi connectivity index (χ1n) is 11.6. The minimum Gasteiger partial charge on any atom is -0.347 e. The number of ether oxygens (including phenoxy) is 2. The van der Waals surface area contributed by atoms with E-state index in [0.717, 1.165) is 13.2 Å². The normalized spacial score (nSPS) is 20.2. The van der Waals surface area contributed by atoms with E-state index in [1.54, 1.807) is 0 Å². The van der Waals surface area contributed by atoms with Gasteiger partial charge in [0, 0.05) is 16.2 Å². The summed E-state index contributed by atoms with van der Waals surface area (Å²) in [6, 6.07) is 4.67. The summed E-state index contributed by atoms with van der Waals surface area (Å²) in [5.41, 5.74) is 0. The number of hydrogen-bond acceptors (Lipinski definition) is 4. The first-order chi connectivity index (χ1) is 13.8. The fraction of sp³-hybridized carbons (Fsp3) is 0.750. The van der Waals surface area contributed by atoms with Crippen LogP contribution in [0.5, 0.6) is 0 Å². The lowest BCUT2D eigenvalue weighted by Gasteiger charge is -2.28. The number of rotatable bonds is 13. The highest BCUT2D eigenvalue weighted by molar-refractivity contribution is 7.38. The van der Waals surface area contributed by atoms with Gasteiger partial charge in [0.2, 0.25) is 0 Å². The van der Waals surface area contributed by atoms with E-state index in [9.17, 15) is 0 Å². The molecule has 0 spiro atoms. The van der Waals surface area contributed by atoms with Crippen LogP contribution in [0.15, 0.2) is 12.1 Å². The first kappa shape index (κ1) is 22.3. The van der Waals surface area contributed by atoms with Gasteiger partial charge in [-0.05, 0) is 31.4 Å². The lowest BCUT2D eigenvalue weighted by molar-refractivity contribution is -0.204. The second-order valence-electron chi connectivity index (χ2n) is 8.34. The second kappa shape index (κ2) is 12.3. The van der Waals surface area contributed by atoms with Gasteiger partial charge in [-0.15, -0.1) is 22.7 Å². The van der Waals surface area contributed by atoms with Crippen molar-refractivity contribution in [2.45, 2.75) is 97.2 Å². The zero-order valence-corrected chi connectivity index (χ0v) is 19.5. The number of unbranched alkanes of at least 4 members (excludes halogenated alkanes) is 8. The van der Waals surface area contributed by atoms with E-state index >= 15 is 0 Å². The van der Waals surface area contributed by atoms with Gasteiger partial charge in [0.15, 0.2) is 6.29 Å². The molecule has 0 aliphatic carbocycles. The molecule has 2 aromatic heterocycles. The molecule has 0 bridgehead atoms. The molecule has 158 valence electrons. The summed E-state index contributed by atoms with van der Waals surface area (Å²) in [5.74, 6) is 0.582. The highest BCUT2D eigenvalue weighted by Crippen LogP contribution is 2.39. The zero-order chi connectivity index (χ0) is 19.6. The molecule has 4 heteroatoms. The minimum absolute atomic E-state index is 0.140. The lowest BCUT2D eigenvalue weighted by Crippen LogP contribution is -2.26. The van der Waals surface area contributed by atoms with Crippen molar-refractivity contribution in [1.29, 1.82) is 0 Å². The zero-order valence-electron chi connectivity index (χ0n) is 17.8. The Morgan fingerprint density at radius 1 is 0.821 bits per heavy atom. The molecule has 0 atom stereocenters. The minimum atomic E-state index is -0.140. The molecule has 0 N–H and O–H groups in total. The molecule has 0 radical (unpaired) electrons. The Kier molecular flexibility index (Phi) is 9.79. The van der Waals surface area contributed by atoms with Crippen LogP contribution in [-0.2, 0) is 15.9 Å². The Morgan fingerprint density at radius 2 is 1.50 bits per heavy atom. The van der Waals surface area contributed by atoms with E-state index < -0.39 is 0 Å². The molecule has 3 heterocycles. The van der Waals surface area contributed by atoms with Crippen molar-refractivity contribution in [3.8, 4) is 0 Å². The van der Waals surface area contributed by atoms with Crippen molar-refractivity contribution in [1.82, 2.24) is 0 Å². The van der Waals surface area contributed by atoms with Crippen LogP contribution in [0.2, 0.25) is 0 Å². The third-order valence-electron chi connectivity index (χ3n) is 5.73. The topological polar surface area (TPSA) is 18.5 Å². The molecule has 1 fully saturated rings. The second-order valence-corrected chi connectivity index (χ2v) is 10.8. The molecule has 1 saturated heterocycles. The highest BCUT2D eigenvalue weighted by atomic mass is 32.2. The van der Waals surface area contributed by atoms with E-state index in [0.29, 0.717) is 5.92 Å². The maximum absolute atomic E-state index is 6.09. The molecule has 2 aromatic rings. The predicted molar refractivity (Wildman–Crippen MR) is 124 cm³/mol. The van der Waals surface area contributed by atoms with Gasteiger partial charge in [-0.3, -0.25) is 0 Å². The molecule has 0 unspecified atom stereocenters. The van der Waals surface area contributed by atoms with Gasteiger partial charge in [-0.2, -0.15) is 0 Å². The summed E-state index contributed by atoms with van der Waals surface area (Å²) < 4.78 is 13.6. The molecule has 0 aromatic carbocycles. The third-order valence-corrected chi connectivity index (χ3v) is 8.20. The van der Waals surface area contributed by atoms with E-state index in [1.165, 1.54) is 96.2 Å². The fourth-order valence-corrected chi connectivity index (χ4v) is 6.51. The van der Waals surface area contributed by atoms with Crippen molar-refractivity contribution in [2.75, 3.05) is 13.2 Å². The van der Waals surface area contributed by atoms with E-state index in [1.807, 2.05) is 22.7 Å². The van der Waals surface area contributed by atoms with Gasteiger partial charge in [-0.25, -0.2) is 0 Å². The molecule has 28 heavy (non-hydrogen) atoms. The molecule has 2 nitrogen and oxygen atoms in total. The summed E-state index contributed by atoms with van der Waals surface area (Å²) in [6.07, 6.45) is 15.9. The van der Waals surface area contributed by atoms with Gasteiger partial charge in [0.05, 0.1) is 22.1 Å². The lowest BCUT2D eigenvalue weighted by atomic mass is 10.0. The van der Waals surface area contributed by atoms with Crippen LogP contribution in [0, 0.1) is 5.92 Å². The molecule has 1 aliphatic heterocycles. The van der Waals surface area contributed by atoms with Crippen LogP contribution in [0.1, 0.15) is 101 Å². The number of aryl methyl sites for hydroxylation is 1. The molecule has 1 aliphatic rings. The molecular weight excluding hydrogens is 384 g/mol. The van der Waals surface area contributed by atoms with E-state index in [4.69, 9.17) is 9.47 Å². The van der Waals surface area contributed by atoms with Gasteiger partial charge in [0.1, 0.15) is 0 Å². The number of hydrogen-bond donors (Lipinski definition) is 0. The fourth-order valence-electron chi connectivity index (χ4n) is 3.96. The average Bonchev–Trinajstić information content (AvgIpc) is 3.27. The van der Waals surface area contributed by atoms with Crippen molar-refractivity contribution < 1.29 is 9.47 Å². The summed E-state index contributed by atoms with van der Waals surface area (Å²) >= 11 is 3.83. The maximum Gasteiger partial charge on any atom is 0.193 e. The standard InChI is InChI=1S/C24H38O2S2/c1-3-5-7-8-9-10-12-13-19-17-25-23(26-18-19)22-16-20-15-21(14-11-6-4-2)27-24(20)28-22/h15-16,19,23H,3-14,17-18H2,1-2H3. The molecule has 0 amide bonds. The number of fused-ring (bicyclic) bond motifs is 1. The van der Waals surface area contributed by atoms with E-state index in [-0.39, 0.29) is 6.29 Å². The van der Waals surface area contributed by atoms with Crippen molar-refractivity contribution in [3.63, 3.8) is 0 Å². The monoisotopic (exact) mass is 422 g/mol. The van der Waals surface area contributed by atoms with Crippen LogP contribution >= 0.6 is 22.7 Å². The smallest absolute Gasteiger partial charge is 0.193 e. The van der Waals surface area contributed by atoms with Crippen LogP contribution in [0.4, 0.5) is 0 Å². The SMILES string of the molecule is CCCCCCCCCC1COC(c2cc3cc(CCCCC)sc3s2)OC1. The van der Waals surface area contributed by atoms with Gasteiger partial charge in [0.25, 0.3) is 0 Å². The van der Waals surface area contributed by atoms with Crippen molar-refractivity contribution in [3.05, 3.63) is 21.9 Å². The average molecular weight is 423 g/mol. The van der Waals surface area contributed by atoms with Crippen molar-refractivity contribution in [2.24, 2.45) is 5.92 Å². The Morgan fingerprint density at radius 3 is 2.21 bits per heavy atom.